The second-order valence-electron chi connectivity index (χ2n) is 5.51. The summed E-state index contributed by atoms with van der Waals surface area (Å²) in [7, 11) is 0. The van der Waals surface area contributed by atoms with Gasteiger partial charge in [-0.1, -0.05) is 0 Å². The molecule has 0 aliphatic carbocycles. The van der Waals surface area contributed by atoms with Gasteiger partial charge in [0.2, 0.25) is 5.75 Å². The number of ether oxygens (including phenoxy) is 3. The molecule has 23 heavy (non-hydrogen) atoms. The van der Waals surface area contributed by atoms with E-state index in [0.29, 0.717) is 5.56 Å². The molecule has 0 aliphatic rings. The second kappa shape index (κ2) is 8.36. The maximum atomic E-state index is 11.6. The minimum atomic E-state index is -0.542. The number of esters is 1. The van der Waals surface area contributed by atoms with Gasteiger partial charge < -0.3 is 14.2 Å². The van der Waals surface area contributed by atoms with Crippen molar-refractivity contribution in [3.8, 4) is 11.5 Å². The predicted octanol–water partition coefficient (Wildman–Crippen LogP) is 3.27. The third-order valence-electron chi connectivity index (χ3n) is 2.66. The molecule has 1 aromatic rings. The molecule has 0 amide bonds. The van der Waals surface area contributed by atoms with Crippen LogP contribution >= 0.6 is 0 Å². The van der Waals surface area contributed by atoms with Crippen molar-refractivity contribution in [3.63, 3.8) is 0 Å². The minimum absolute atomic E-state index is 0.0644. The van der Waals surface area contributed by atoms with Crippen molar-refractivity contribution in [1.29, 1.82) is 0 Å². The summed E-state index contributed by atoms with van der Waals surface area (Å²) < 4.78 is 16.1. The summed E-state index contributed by atoms with van der Waals surface area (Å²) in [5.41, 5.74) is 0.220. The first-order valence-corrected chi connectivity index (χ1v) is 7.54. The van der Waals surface area contributed by atoms with E-state index in [9.17, 15) is 14.9 Å². The van der Waals surface area contributed by atoms with E-state index in [4.69, 9.17) is 14.2 Å². The number of rotatable bonds is 8. The number of nitro benzene ring substituents is 1. The monoisotopic (exact) mass is 325 g/mol. The normalized spacial score (nSPS) is 10.7. The van der Waals surface area contributed by atoms with Gasteiger partial charge in [0.1, 0.15) is 0 Å². The Bertz CT molecular complexity index is 568. The quantitative estimate of drug-likeness (QED) is 0.414. The molecular weight excluding hydrogens is 302 g/mol. The van der Waals surface area contributed by atoms with E-state index in [1.165, 1.54) is 6.07 Å². The van der Waals surface area contributed by atoms with Crippen LogP contribution in [0.1, 0.15) is 40.2 Å². The summed E-state index contributed by atoms with van der Waals surface area (Å²) in [6.45, 7) is 9.12. The topological polar surface area (TPSA) is 87.9 Å². The Morgan fingerprint density at radius 1 is 1.17 bits per heavy atom. The average molecular weight is 325 g/mol. The third-order valence-corrected chi connectivity index (χ3v) is 2.66. The largest absolute Gasteiger partial charge is 0.487 e. The van der Waals surface area contributed by atoms with Gasteiger partial charge in [0.05, 0.1) is 30.2 Å². The van der Waals surface area contributed by atoms with Gasteiger partial charge in [-0.3, -0.25) is 14.9 Å². The zero-order chi connectivity index (χ0) is 17.6. The van der Waals surface area contributed by atoms with Gasteiger partial charge in [0, 0.05) is 6.07 Å². The fourth-order valence-electron chi connectivity index (χ4n) is 1.95. The summed E-state index contributed by atoms with van der Waals surface area (Å²) in [4.78, 5) is 22.4. The van der Waals surface area contributed by atoms with E-state index >= 15 is 0 Å². The lowest BCUT2D eigenvalue weighted by Crippen LogP contribution is -2.14. The van der Waals surface area contributed by atoms with Gasteiger partial charge in [-0.05, 0) is 46.2 Å². The van der Waals surface area contributed by atoms with Crippen LogP contribution in [0, 0.1) is 10.1 Å². The summed E-state index contributed by atoms with van der Waals surface area (Å²) in [5, 5.41) is 11.4. The zero-order valence-electron chi connectivity index (χ0n) is 14.1. The molecule has 0 spiro atoms. The summed E-state index contributed by atoms with van der Waals surface area (Å²) in [6.07, 6.45) is -0.508. The highest BCUT2D eigenvalue weighted by Crippen LogP contribution is 2.39. The van der Waals surface area contributed by atoms with Crippen LogP contribution in [0.2, 0.25) is 0 Å². The first-order valence-electron chi connectivity index (χ1n) is 7.54. The van der Waals surface area contributed by atoms with Crippen molar-refractivity contribution >= 4 is 11.7 Å². The molecule has 1 rings (SSSR count). The van der Waals surface area contributed by atoms with Crippen LogP contribution in [-0.4, -0.2) is 29.7 Å². The zero-order valence-corrected chi connectivity index (χ0v) is 14.1. The molecular formula is C16H23NO6. The number of nitro groups is 1. The summed E-state index contributed by atoms with van der Waals surface area (Å²) in [5.74, 6) is -0.122. The SMILES string of the molecule is CCOC(=O)Cc1cc(OC(C)C)c(OC(C)C)c([N+](=O)[O-])c1. The molecule has 0 unspecified atom stereocenters. The molecule has 1 aromatic carbocycles. The maximum absolute atomic E-state index is 11.6. The Balaban J connectivity index is 3.32. The van der Waals surface area contributed by atoms with Crippen LogP contribution in [0.4, 0.5) is 5.69 Å². The number of carbonyl (C=O) groups excluding carboxylic acids is 1. The van der Waals surface area contributed by atoms with E-state index in [-0.39, 0.29) is 42.4 Å². The lowest BCUT2D eigenvalue weighted by Gasteiger charge is -2.18. The van der Waals surface area contributed by atoms with E-state index in [0.717, 1.165) is 0 Å². The average Bonchev–Trinajstić information content (AvgIpc) is 2.40. The Kier molecular flexibility index (Phi) is 6.81. The number of hydrogen-bond donors (Lipinski definition) is 0. The molecule has 128 valence electrons. The van der Waals surface area contributed by atoms with Crippen molar-refractivity contribution < 1.29 is 23.9 Å². The van der Waals surface area contributed by atoms with Crippen LogP contribution in [0.25, 0.3) is 0 Å². The Morgan fingerprint density at radius 3 is 2.26 bits per heavy atom. The highest BCUT2D eigenvalue weighted by Gasteiger charge is 2.25. The molecule has 0 fully saturated rings. The smallest absolute Gasteiger partial charge is 0.315 e. The van der Waals surface area contributed by atoms with Crippen LogP contribution in [0.3, 0.4) is 0 Å². The lowest BCUT2D eigenvalue weighted by atomic mass is 10.1. The van der Waals surface area contributed by atoms with Gasteiger partial charge in [0.25, 0.3) is 0 Å². The van der Waals surface area contributed by atoms with Crippen LogP contribution < -0.4 is 9.47 Å². The predicted molar refractivity (Wildman–Crippen MR) is 85.0 cm³/mol. The fourth-order valence-corrected chi connectivity index (χ4v) is 1.95. The number of benzene rings is 1. The molecule has 0 radical (unpaired) electrons. The van der Waals surface area contributed by atoms with Crippen molar-refractivity contribution in [1.82, 2.24) is 0 Å². The van der Waals surface area contributed by atoms with Gasteiger partial charge in [0.15, 0.2) is 5.75 Å². The van der Waals surface area contributed by atoms with Crippen molar-refractivity contribution in [3.05, 3.63) is 27.8 Å². The Hall–Kier alpha value is -2.31. The first-order chi connectivity index (χ1) is 10.7. The molecule has 0 saturated carbocycles. The highest BCUT2D eigenvalue weighted by atomic mass is 16.6. The van der Waals surface area contributed by atoms with Crippen LogP contribution in [-0.2, 0) is 16.0 Å². The van der Waals surface area contributed by atoms with Crippen LogP contribution in [0.5, 0.6) is 11.5 Å². The van der Waals surface area contributed by atoms with E-state index in [2.05, 4.69) is 0 Å². The Labute approximate surface area is 135 Å². The molecule has 0 saturated heterocycles. The number of hydrogen-bond acceptors (Lipinski definition) is 6. The van der Waals surface area contributed by atoms with E-state index < -0.39 is 10.9 Å². The van der Waals surface area contributed by atoms with Gasteiger partial charge in [-0.2, -0.15) is 0 Å². The van der Waals surface area contributed by atoms with E-state index in [1.807, 2.05) is 13.8 Å². The molecule has 0 heterocycles. The maximum Gasteiger partial charge on any atom is 0.315 e. The second-order valence-corrected chi connectivity index (χ2v) is 5.51. The first kappa shape index (κ1) is 18.7. The lowest BCUT2D eigenvalue weighted by molar-refractivity contribution is -0.386. The molecule has 7 heteroatoms. The molecule has 0 N–H and O–H groups in total. The number of carbonyl (C=O) groups is 1. The summed E-state index contributed by atoms with van der Waals surface area (Å²) >= 11 is 0. The van der Waals surface area contributed by atoms with Crippen molar-refractivity contribution in [2.24, 2.45) is 0 Å². The standard InChI is InChI=1S/C16H23NO6/c1-6-21-15(18)9-12-7-13(17(19)20)16(23-11(4)5)14(8-12)22-10(2)3/h7-8,10-11H,6,9H2,1-5H3. The fraction of sp³-hybridized carbons (Fsp3) is 0.562. The van der Waals surface area contributed by atoms with Crippen molar-refractivity contribution in [2.45, 2.75) is 53.2 Å². The van der Waals surface area contributed by atoms with Crippen LogP contribution in [0.15, 0.2) is 12.1 Å². The van der Waals surface area contributed by atoms with Gasteiger partial charge in [-0.25, -0.2) is 0 Å². The minimum Gasteiger partial charge on any atom is -0.487 e. The third kappa shape index (κ3) is 5.77. The van der Waals surface area contributed by atoms with E-state index in [1.54, 1.807) is 26.8 Å². The molecule has 0 bridgehead atoms. The molecule has 0 atom stereocenters. The molecule has 0 aliphatic heterocycles. The summed E-state index contributed by atoms with van der Waals surface area (Å²) in [6, 6.07) is 2.91. The highest BCUT2D eigenvalue weighted by molar-refractivity contribution is 5.74. The van der Waals surface area contributed by atoms with Gasteiger partial charge in [-0.15, -0.1) is 0 Å². The molecule has 0 aromatic heterocycles. The van der Waals surface area contributed by atoms with Crippen molar-refractivity contribution in [2.75, 3.05) is 6.61 Å². The number of nitrogens with zero attached hydrogens (tertiary/aromatic N) is 1. The molecule has 7 nitrogen and oxygen atoms in total. The Morgan fingerprint density at radius 2 is 1.78 bits per heavy atom. The van der Waals surface area contributed by atoms with Gasteiger partial charge >= 0.3 is 11.7 Å².